The maximum absolute atomic E-state index is 5.34. The Labute approximate surface area is 159 Å². The molecule has 0 saturated carbocycles. The molecule has 0 saturated heterocycles. The summed E-state index contributed by atoms with van der Waals surface area (Å²) in [7, 11) is 5.06. The number of aromatic nitrogens is 1. The summed E-state index contributed by atoms with van der Waals surface area (Å²) in [6, 6.07) is 5.97. The highest BCUT2D eigenvalue weighted by molar-refractivity contribution is 7.09. The van der Waals surface area contributed by atoms with Crippen molar-refractivity contribution in [1.29, 1.82) is 0 Å². The van der Waals surface area contributed by atoms with E-state index in [0.717, 1.165) is 41.1 Å². The number of aliphatic imine (C=N–C) groups is 1. The number of ether oxygens (including phenoxy) is 2. The van der Waals surface area contributed by atoms with E-state index in [4.69, 9.17) is 9.47 Å². The average Bonchev–Trinajstić information content (AvgIpc) is 3.13. The van der Waals surface area contributed by atoms with Crippen molar-refractivity contribution in [2.24, 2.45) is 4.99 Å². The molecule has 2 rings (SSSR count). The maximum Gasteiger partial charge on any atom is 0.191 e. The van der Waals surface area contributed by atoms with Crippen molar-refractivity contribution < 1.29 is 9.47 Å². The van der Waals surface area contributed by atoms with Gasteiger partial charge in [0, 0.05) is 19.0 Å². The quantitative estimate of drug-likeness (QED) is 0.547. The third-order valence-electron chi connectivity index (χ3n) is 3.95. The van der Waals surface area contributed by atoms with E-state index in [1.54, 1.807) is 32.6 Å². The number of hydrogen-bond acceptors (Lipinski definition) is 5. The molecule has 0 amide bonds. The Hall–Kier alpha value is -2.28. The second-order valence-electron chi connectivity index (χ2n) is 6.11. The van der Waals surface area contributed by atoms with Crippen LogP contribution >= 0.6 is 11.3 Å². The van der Waals surface area contributed by atoms with Crippen LogP contribution in [-0.4, -0.2) is 38.8 Å². The number of nitrogens with one attached hydrogen (secondary N) is 2. The number of thiazole rings is 1. The lowest BCUT2D eigenvalue weighted by Crippen LogP contribution is -2.37. The topological polar surface area (TPSA) is 67.8 Å². The van der Waals surface area contributed by atoms with Gasteiger partial charge in [0.15, 0.2) is 17.5 Å². The molecule has 0 aliphatic heterocycles. The van der Waals surface area contributed by atoms with Crippen LogP contribution in [0, 0.1) is 0 Å². The molecule has 0 aliphatic carbocycles. The van der Waals surface area contributed by atoms with Gasteiger partial charge in [-0.25, -0.2) is 4.98 Å². The van der Waals surface area contributed by atoms with E-state index in [2.05, 4.69) is 39.8 Å². The largest absolute Gasteiger partial charge is 0.493 e. The molecule has 2 N–H and O–H groups in total. The Kier molecular flexibility index (Phi) is 7.72. The summed E-state index contributed by atoms with van der Waals surface area (Å²) in [6.07, 6.45) is 0.857. The number of guanidine groups is 1. The van der Waals surface area contributed by atoms with Crippen molar-refractivity contribution in [3.63, 3.8) is 0 Å². The lowest BCUT2D eigenvalue weighted by atomic mass is 10.1. The number of rotatable bonds is 8. The Morgan fingerprint density at radius 1 is 1.19 bits per heavy atom. The zero-order valence-electron chi connectivity index (χ0n) is 16.1. The van der Waals surface area contributed by atoms with Crippen molar-refractivity contribution in [2.75, 3.05) is 27.8 Å². The molecular weight excluding hydrogens is 348 g/mol. The first-order valence-electron chi connectivity index (χ1n) is 8.67. The average molecular weight is 377 g/mol. The fourth-order valence-corrected chi connectivity index (χ4v) is 3.31. The van der Waals surface area contributed by atoms with Crippen LogP contribution in [0.2, 0.25) is 0 Å². The van der Waals surface area contributed by atoms with Crippen LogP contribution in [0.3, 0.4) is 0 Å². The van der Waals surface area contributed by atoms with Crippen molar-refractivity contribution in [3.8, 4) is 11.5 Å². The lowest BCUT2D eigenvalue weighted by Gasteiger charge is -2.12. The number of benzene rings is 1. The van der Waals surface area contributed by atoms with E-state index in [1.807, 2.05) is 18.2 Å². The molecular formula is C19H28N4O2S. The Morgan fingerprint density at radius 3 is 2.58 bits per heavy atom. The highest BCUT2D eigenvalue weighted by Gasteiger charge is 2.07. The van der Waals surface area contributed by atoms with Crippen LogP contribution in [0.25, 0.3) is 0 Å². The van der Waals surface area contributed by atoms with Crippen LogP contribution < -0.4 is 20.1 Å². The van der Waals surface area contributed by atoms with Gasteiger partial charge >= 0.3 is 0 Å². The van der Waals surface area contributed by atoms with Gasteiger partial charge in [0.2, 0.25) is 0 Å². The van der Waals surface area contributed by atoms with Gasteiger partial charge in [-0.3, -0.25) is 4.99 Å². The van der Waals surface area contributed by atoms with Gasteiger partial charge in [-0.15, -0.1) is 11.3 Å². The van der Waals surface area contributed by atoms with Gasteiger partial charge in [-0.1, -0.05) is 19.9 Å². The predicted molar refractivity (Wildman–Crippen MR) is 108 cm³/mol. The summed E-state index contributed by atoms with van der Waals surface area (Å²) in [5.41, 5.74) is 2.32. The van der Waals surface area contributed by atoms with Gasteiger partial charge in [-0.2, -0.15) is 0 Å². The molecule has 1 heterocycles. The molecule has 0 unspecified atom stereocenters. The fraction of sp³-hybridized carbons (Fsp3) is 0.474. The molecule has 1 aromatic heterocycles. The number of nitrogens with zero attached hydrogens (tertiary/aromatic N) is 2. The number of methoxy groups -OCH3 is 2. The number of hydrogen-bond donors (Lipinski definition) is 2. The molecule has 2 aromatic rings. The van der Waals surface area contributed by atoms with Crippen molar-refractivity contribution in [3.05, 3.63) is 39.8 Å². The monoisotopic (exact) mass is 376 g/mol. The Bertz CT molecular complexity index is 728. The van der Waals surface area contributed by atoms with E-state index >= 15 is 0 Å². The predicted octanol–water partition coefficient (Wildman–Crippen LogP) is 3.19. The Morgan fingerprint density at radius 2 is 1.96 bits per heavy atom. The molecule has 0 fully saturated rings. The van der Waals surface area contributed by atoms with Gasteiger partial charge in [0.05, 0.1) is 26.5 Å². The molecule has 0 radical (unpaired) electrons. The van der Waals surface area contributed by atoms with Crippen LogP contribution in [0.5, 0.6) is 11.5 Å². The first-order chi connectivity index (χ1) is 12.6. The molecule has 6 nitrogen and oxygen atoms in total. The molecule has 0 aliphatic rings. The summed E-state index contributed by atoms with van der Waals surface area (Å²) < 4.78 is 10.6. The van der Waals surface area contributed by atoms with Crippen molar-refractivity contribution in [1.82, 2.24) is 15.6 Å². The molecule has 7 heteroatoms. The summed E-state index contributed by atoms with van der Waals surface area (Å²) in [5.74, 6) is 2.72. The first kappa shape index (κ1) is 20.0. The highest BCUT2D eigenvalue weighted by Crippen LogP contribution is 2.27. The van der Waals surface area contributed by atoms with Gasteiger partial charge in [-0.05, 0) is 30.0 Å². The smallest absolute Gasteiger partial charge is 0.191 e. The summed E-state index contributed by atoms with van der Waals surface area (Å²) >= 11 is 1.68. The molecule has 0 atom stereocenters. The first-order valence-corrected chi connectivity index (χ1v) is 9.55. The zero-order valence-corrected chi connectivity index (χ0v) is 16.9. The van der Waals surface area contributed by atoms with Gasteiger partial charge in [0.1, 0.15) is 5.01 Å². The third-order valence-corrected chi connectivity index (χ3v) is 4.81. The molecule has 1 aromatic carbocycles. The lowest BCUT2D eigenvalue weighted by molar-refractivity contribution is 0.354. The van der Waals surface area contributed by atoms with Crippen LogP contribution in [0.1, 0.15) is 36.0 Å². The molecule has 0 bridgehead atoms. The fourth-order valence-electron chi connectivity index (χ4n) is 2.41. The van der Waals surface area contributed by atoms with E-state index < -0.39 is 0 Å². The van der Waals surface area contributed by atoms with E-state index in [0.29, 0.717) is 12.5 Å². The highest BCUT2D eigenvalue weighted by atomic mass is 32.1. The summed E-state index contributed by atoms with van der Waals surface area (Å²) in [4.78, 5) is 8.89. The van der Waals surface area contributed by atoms with E-state index in [1.165, 1.54) is 5.56 Å². The zero-order chi connectivity index (χ0) is 18.9. The minimum absolute atomic E-state index is 0.457. The van der Waals surface area contributed by atoms with Gasteiger partial charge < -0.3 is 20.1 Å². The van der Waals surface area contributed by atoms with E-state index in [-0.39, 0.29) is 0 Å². The Balaban J connectivity index is 1.81. The minimum atomic E-state index is 0.457. The second-order valence-corrected chi connectivity index (χ2v) is 7.06. The molecule has 0 spiro atoms. The van der Waals surface area contributed by atoms with Crippen LogP contribution in [-0.2, 0) is 13.0 Å². The maximum atomic E-state index is 5.34. The van der Waals surface area contributed by atoms with Crippen molar-refractivity contribution >= 4 is 17.3 Å². The second kappa shape index (κ2) is 10.0. The standard InChI is InChI=1S/C19H28N4O2S/c1-13(2)15-12-26-18(23-15)11-22-19(20-3)21-9-8-14-6-7-16(24-4)17(10-14)25-5/h6-7,10,12-13H,8-9,11H2,1-5H3,(H2,20,21,22). The van der Waals surface area contributed by atoms with E-state index in [9.17, 15) is 0 Å². The van der Waals surface area contributed by atoms with Crippen molar-refractivity contribution in [2.45, 2.75) is 32.7 Å². The molecule has 142 valence electrons. The third kappa shape index (κ3) is 5.62. The van der Waals surface area contributed by atoms with Crippen LogP contribution in [0.4, 0.5) is 0 Å². The minimum Gasteiger partial charge on any atom is -0.493 e. The van der Waals surface area contributed by atoms with Crippen LogP contribution in [0.15, 0.2) is 28.6 Å². The SMILES string of the molecule is CN=C(NCCc1ccc(OC)c(OC)c1)NCc1nc(C(C)C)cs1. The summed E-state index contributed by atoms with van der Waals surface area (Å²) in [6.45, 7) is 5.75. The molecule has 26 heavy (non-hydrogen) atoms. The normalized spacial score (nSPS) is 11.5. The van der Waals surface area contributed by atoms with Gasteiger partial charge in [0.25, 0.3) is 0 Å². The summed E-state index contributed by atoms with van der Waals surface area (Å²) in [5, 5.41) is 9.82.